The van der Waals surface area contributed by atoms with Gasteiger partial charge in [-0.3, -0.25) is 4.79 Å². The zero-order valence-electron chi connectivity index (χ0n) is 12.4. The van der Waals surface area contributed by atoms with E-state index in [-0.39, 0.29) is 5.91 Å². The monoisotopic (exact) mass is 262 g/mol. The van der Waals surface area contributed by atoms with E-state index >= 15 is 0 Å². The van der Waals surface area contributed by atoms with Crippen molar-refractivity contribution in [3.05, 3.63) is 29.8 Å². The first kappa shape index (κ1) is 15.7. The van der Waals surface area contributed by atoms with Crippen LogP contribution in [0.1, 0.15) is 38.2 Å². The molecule has 1 amide bonds. The van der Waals surface area contributed by atoms with Gasteiger partial charge in [0.15, 0.2) is 0 Å². The summed E-state index contributed by atoms with van der Waals surface area (Å²) in [5.74, 6) is 0.751. The molecule has 0 spiro atoms. The predicted molar refractivity (Wildman–Crippen MR) is 81.3 cm³/mol. The van der Waals surface area contributed by atoms with Gasteiger partial charge in [0.2, 0.25) is 5.91 Å². The van der Waals surface area contributed by atoms with Crippen LogP contribution in [-0.4, -0.2) is 19.5 Å². The van der Waals surface area contributed by atoms with Crippen LogP contribution in [-0.2, 0) is 4.79 Å². The molecular formula is C16H26N2O. The fraction of sp³-hybridized carbons (Fsp3) is 0.562. The maximum Gasteiger partial charge on any atom is 0.226 e. The van der Waals surface area contributed by atoms with Crippen molar-refractivity contribution in [2.24, 2.45) is 11.7 Å². The third-order valence-corrected chi connectivity index (χ3v) is 3.68. The van der Waals surface area contributed by atoms with Crippen LogP contribution < -0.4 is 10.6 Å². The Morgan fingerprint density at radius 1 is 1.37 bits per heavy atom. The summed E-state index contributed by atoms with van der Waals surface area (Å²) < 4.78 is 0. The zero-order chi connectivity index (χ0) is 14.3. The highest BCUT2D eigenvalue weighted by molar-refractivity contribution is 5.92. The highest BCUT2D eigenvalue weighted by Gasteiger charge is 2.13. The molecule has 0 heterocycles. The van der Waals surface area contributed by atoms with E-state index in [1.54, 1.807) is 4.90 Å². The number of nitrogens with two attached hydrogens (primary N) is 1. The standard InChI is InChI=1S/C16H26N2O/c1-4-14(10-11-17)8-9-16(19)18(3)15-7-5-6-13(2)12-15/h5-7,12,14H,4,8-11,17H2,1-3H3. The number of aryl methyl sites for hydroxylation is 1. The van der Waals surface area contributed by atoms with Gasteiger partial charge < -0.3 is 10.6 Å². The summed E-state index contributed by atoms with van der Waals surface area (Å²) >= 11 is 0. The van der Waals surface area contributed by atoms with Gasteiger partial charge in [-0.05, 0) is 49.9 Å². The summed E-state index contributed by atoms with van der Waals surface area (Å²) in [6, 6.07) is 8.03. The van der Waals surface area contributed by atoms with Crippen molar-refractivity contribution >= 4 is 11.6 Å². The Labute approximate surface area is 116 Å². The first-order valence-corrected chi connectivity index (χ1v) is 7.11. The molecule has 0 fully saturated rings. The molecule has 1 atom stereocenters. The second-order valence-electron chi connectivity index (χ2n) is 5.18. The molecule has 1 aromatic carbocycles. The Bertz CT molecular complexity index is 403. The summed E-state index contributed by atoms with van der Waals surface area (Å²) in [7, 11) is 1.85. The minimum Gasteiger partial charge on any atom is -0.330 e. The topological polar surface area (TPSA) is 46.3 Å². The van der Waals surface area contributed by atoms with Crippen molar-refractivity contribution in [3.8, 4) is 0 Å². The molecule has 3 nitrogen and oxygen atoms in total. The molecule has 0 aliphatic carbocycles. The zero-order valence-corrected chi connectivity index (χ0v) is 12.4. The van der Waals surface area contributed by atoms with Crippen molar-refractivity contribution in [2.45, 2.75) is 39.5 Å². The third kappa shape index (κ3) is 5.03. The molecule has 0 saturated carbocycles. The van der Waals surface area contributed by atoms with Crippen LogP contribution >= 0.6 is 0 Å². The predicted octanol–water partition coefficient (Wildman–Crippen LogP) is 3.11. The van der Waals surface area contributed by atoms with E-state index in [1.807, 2.05) is 38.2 Å². The lowest BCUT2D eigenvalue weighted by molar-refractivity contribution is -0.118. The van der Waals surface area contributed by atoms with Gasteiger partial charge in [-0.1, -0.05) is 25.5 Å². The van der Waals surface area contributed by atoms with Crippen LogP contribution in [0.25, 0.3) is 0 Å². The number of nitrogens with zero attached hydrogens (tertiary/aromatic N) is 1. The van der Waals surface area contributed by atoms with Crippen LogP contribution in [0.2, 0.25) is 0 Å². The molecule has 0 saturated heterocycles. The fourth-order valence-corrected chi connectivity index (χ4v) is 2.26. The molecule has 1 unspecified atom stereocenters. The lowest BCUT2D eigenvalue weighted by atomic mass is 9.96. The van der Waals surface area contributed by atoms with E-state index in [9.17, 15) is 4.79 Å². The van der Waals surface area contributed by atoms with Crippen molar-refractivity contribution < 1.29 is 4.79 Å². The molecule has 2 N–H and O–H groups in total. The summed E-state index contributed by atoms with van der Waals surface area (Å²) in [4.78, 5) is 13.9. The molecule has 3 heteroatoms. The molecular weight excluding hydrogens is 236 g/mol. The van der Waals surface area contributed by atoms with Gasteiger partial charge in [-0.25, -0.2) is 0 Å². The number of anilines is 1. The smallest absolute Gasteiger partial charge is 0.226 e. The first-order valence-electron chi connectivity index (χ1n) is 7.11. The average Bonchev–Trinajstić information content (AvgIpc) is 2.42. The second-order valence-corrected chi connectivity index (χ2v) is 5.18. The summed E-state index contributed by atoms with van der Waals surface area (Å²) in [5, 5.41) is 0. The number of hydrogen-bond acceptors (Lipinski definition) is 2. The minimum absolute atomic E-state index is 0.182. The fourth-order valence-electron chi connectivity index (χ4n) is 2.26. The van der Waals surface area contributed by atoms with Gasteiger partial charge in [0.1, 0.15) is 0 Å². The summed E-state index contributed by atoms with van der Waals surface area (Å²) in [6.07, 6.45) is 3.64. The highest BCUT2D eigenvalue weighted by atomic mass is 16.2. The van der Waals surface area contributed by atoms with Crippen molar-refractivity contribution in [3.63, 3.8) is 0 Å². The van der Waals surface area contributed by atoms with Crippen molar-refractivity contribution in [2.75, 3.05) is 18.5 Å². The third-order valence-electron chi connectivity index (χ3n) is 3.68. The summed E-state index contributed by atoms with van der Waals surface area (Å²) in [6.45, 7) is 4.91. The maximum atomic E-state index is 12.2. The Kier molecular flexibility index (Phi) is 6.57. The quantitative estimate of drug-likeness (QED) is 0.820. The Balaban J connectivity index is 2.53. The van der Waals surface area contributed by atoms with Gasteiger partial charge in [-0.2, -0.15) is 0 Å². The Morgan fingerprint density at radius 3 is 2.68 bits per heavy atom. The number of rotatable bonds is 7. The molecule has 0 aliphatic heterocycles. The molecule has 0 radical (unpaired) electrons. The van der Waals surface area contributed by atoms with Crippen LogP contribution in [0.3, 0.4) is 0 Å². The van der Waals surface area contributed by atoms with E-state index in [4.69, 9.17) is 5.73 Å². The van der Waals surface area contributed by atoms with E-state index < -0.39 is 0 Å². The Morgan fingerprint density at radius 2 is 2.11 bits per heavy atom. The lowest BCUT2D eigenvalue weighted by Crippen LogP contribution is -2.26. The highest BCUT2D eigenvalue weighted by Crippen LogP contribution is 2.19. The second kappa shape index (κ2) is 7.95. The van der Waals surface area contributed by atoms with Crippen LogP contribution in [0.4, 0.5) is 5.69 Å². The van der Waals surface area contributed by atoms with Crippen LogP contribution in [0.5, 0.6) is 0 Å². The SMILES string of the molecule is CCC(CCN)CCC(=O)N(C)c1cccc(C)c1. The van der Waals surface area contributed by atoms with Crippen LogP contribution in [0, 0.1) is 12.8 Å². The number of carbonyl (C=O) groups is 1. The van der Waals surface area contributed by atoms with E-state index in [1.165, 1.54) is 5.56 Å². The van der Waals surface area contributed by atoms with Gasteiger partial charge in [0, 0.05) is 19.2 Å². The molecule has 19 heavy (non-hydrogen) atoms. The van der Waals surface area contributed by atoms with E-state index in [2.05, 4.69) is 6.92 Å². The number of amides is 1. The molecule has 0 aromatic heterocycles. The normalized spacial score (nSPS) is 12.2. The molecule has 0 aliphatic rings. The maximum absolute atomic E-state index is 12.2. The first-order chi connectivity index (χ1) is 9.08. The average molecular weight is 262 g/mol. The van der Waals surface area contributed by atoms with E-state index in [0.29, 0.717) is 18.9 Å². The van der Waals surface area contributed by atoms with Gasteiger partial charge in [0.05, 0.1) is 0 Å². The largest absolute Gasteiger partial charge is 0.330 e. The molecule has 106 valence electrons. The minimum atomic E-state index is 0.182. The molecule has 1 aromatic rings. The Hall–Kier alpha value is -1.35. The summed E-state index contributed by atoms with van der Waals surface area (Å²) in [5.41, 5.74) is 7.73. The van der Waals surface area contributed by atoms with Gasteiger partial charge in [0.25, 0.3) is 0 Å². The van der Waals surface area contributed by atoms with Crippen molar-refractivity contribution in [1.82, 2.24) is 0 Å². The number of carbonyl (C=O) groups excluding carboxylic acids is 1. The van der Waals surface area contributed by atoms with Crippen molar-refractivity contribution in [1.29, 1.82) is 0 Å². The molecule has 0 bridgehead atoms. The van der Waals surface area contributed by atoms with E-state index in [0.717, 1.165) is 24.9 Å². The lowest BCUT2D eigenvalue weighted by Gasteiger charge is -2.19. The molecule has 1 rings (SSSR count). The van der Waals surface area contributed by atoms with Crippen LogP contribution in [0.15, 0.2) is 24.3 Å². The van der Waals surface area contributed by atoms with Gasteiger partial charge in [-0.15, -0.1) is 0 Å². The number of benzene rings is 1. The number of hydrogen-bond donors (Lipinski definition) is 1. The van der Waals surface area contributed by atoms with Gasteiger partial charge >= 0.3 is 0 Å².